The number of hydrogen-bond acceptors (Lipinski definition) is 4. The average molecular weight is 493 g/mol. The summed E-state index contributed by atoms with van der Waals surface area (Å²) in [7, 11) is 0. The number of anilines is 2. The number of hydrogen-bond donors (Lipinski definition) is 3. The molecule has 8 heteroatoms. The van der Waals surface area contributed by atoms with E-state index in [1.807, 2.05) is 26.0 Å². The average Bonchev–Trinajstić information content (AvgIpc) is 3.28. The van der Waals surface area contributed by atoms with Crippen LogP contribution in [0.1, 0.15) is 54.9 Å². The van der Waals surface area contributed by atoms with Crippen LogP contribution in [0.25, 0.3) is 0 Å². The van der Waals surface area contributed by atoms with E-state index in [4.69, 9.17) is 16.3 Å². The number of aromatic nitrogens is 1. The molecule has 3 aromatic rings. The molecule has 35 heavy (non-hydrogen) atoms. The Bertz CT molecular complexity index is 1170. The monoisotopic (exact) mass is 492 g/mol. The number of carbonyl (C=O) groups is 2. The maximum Gasteiger partial charge on any atom is 0.319 e. The summed E-state index contributed by atoms with van der Waals surface area (Å²) < 4.78 is 5.74. The van der Waals surface area contributed by atoms with Crippen molar-refractivity contribution in [3.63, 3.8) is 0 Å². The lowest BCUT2D eigenvalue weighted by Gasteiger charge is -2.22. The summed E-state index contributed by atoms with van der Waals surface area (Å²) in [5, 5.41) is 9.17. The van der Waals surface area contributed by atoms with Gasteiger partial charge >= 0.3 is 6.03 Å². The van der Waals surface area contributed by atoms with Gasteiger partial charge in [0.2, 0.25) is 0 Å². The third-order valence-electron chi connectivity index (χ3n) is 5.86. The summed E-state index contributed by atoms with van der Waals surface area (Å²) in [6.45, 7) is 4.00. The molecule has 0 bridgehead atoms. The molecule has 0 radical (unpaired) electrons. The first-order valence-electron chi connectivity index (χ1n) is 11.7. The van der Waals surface area contributed by atoms with Crippen LogP contribution in [-0.4, -0.2) is 29.1 Å². The third-order valence-corrected chi connectivity index (χ3v) is 6.09. The van der Waals surface area contributed by atoms with Gasteiger partial charge in [-0.1, -0.05) is 36.2 Å². The molecule has 1 fully saturated rings. The Balaban J connectivity index is 1.35. The largest absolute Gasteiger partial charge is 0.491 e. The van der Waals surface area contributed by atoms with E-state index in [0.717, 1.165) is 25.0 Å². The van der Waals surface area contributed by atoms with Crippen LogP contribution in [0.5, 0.6) is 5.75 Å². The lowest BCUT2D eigenvalue weighted by molar-refractivity contribution is 0.102. The molecule has 3 N–H and O–H groups in total. The van der Waals surface area contributed by atoms with Crippen LogP contribution in [0.3, 0.4) is 0 Å². The number of nitrogens with one attached hydrogen (secondary N) is 3. The summed E-state index contributed by atoms with van der Waals surface area (Å²) in [6.07, 6.45) is 4.57. The molecule has 0 spiro atoms. The molecule has 0 aliphatic heterocycles. The molecule has 3 amide bonds. The summed E-state index contributed by atoms with van der Waals surface area (Å²) in [5.74, 6) is 1.16. The lowest BCUT2D eigenvalue weighted by atomic mass is 9.94. The standard InChI is InChI=1S/C27H29ClN4O3/c1-17(2)35-22-12-9-18(10-13-22)23-7-4-8-24(23)31-27(34)30-21-6-3-5-19(15-21)26(33)32-25-14-11-20(28)16-29-25/h3,5-6,9-17,23-24H,4,7-8H2,1-2H3,(H,29,32,33)(H2,30,31,34). The molecule has 2 atom stereocenters. The lowest BCUT2D eigenvalue weighted by Crippen LogP contribution is -2.39. The van der Waals surface area contributed by atoms with E-state index in [2.05, 4.69) is 33.1 Å². The number of carbonyl (C=O) groups excluding carboxylic acids is 2. The van der Waals surface area contributed by atoms with E-state index in [0.29, 0.717) is 22.1 Å². The number of rotatable bonds is 7. The number of benzene rings is 2. The van der Waals surface area contributed by atoms with Crippen LogP contribution in [0.15, 0.2) is 66.9 Å². The minimum Gasteiger partial charge on any atom is -0.491 e. The summed E-state index contributed by atoms with van der Waals surface area (Å²) in [4.78, 5) is 29.4. The molecule has 1 aliphatic rings. The summed E-state index contributed by atoms with van der Waals surface area (Å²) in [5.41, 5.74) is 2.13. The van der Waals surface area contributed by atoms with E-state index in [9.17, 15) is 9.59 Å². The molecule has 0 saturated heterocycles. The second-order valence-electron chi connectivity index (χ2n) is 8.87. The Kier molecular flexibility index (Phi) is 7.87. The Hall–Kier alpha value is -3.58. The number of amides is 3. The van der Waals surface area contributed by atoms with Gasteiger partial charge in [-0.2, -0.15) is 0 Å². The van der Waals surface area contributed by atoms with Crippen molar-refractivity contribution in [2.24, 2.45) is 0 Å². The van der Waals surface area contributed by atoms with Crippen molar-refractivity contribution in [3.8, 4) is 5.75 Å². The fourth-order valence-corrected chi connectivity index (χ4v) is 4.42. The predicted octanol–water partition coefficient (Wildman–Crippen LogP) is 6.23. The smallest absolute Gasteiger partial charge is 0.319 e. The molecule has 2 aromatic carbocycles. The molecule has 7 nitrogen and oxygen atoms in total. The molecular formula is C27H29ClN4O3. The molecule has 182 valence electrons. The molecule has 1 aliphatic carbocycles. The van der Waals surface area contributed by atoms with Gasteiger partial charge in [-0.15, -0.1) is 0 Å². The first-order valence-corrected chi connectivity index (χ1v) is 12.1. The molecule has 4 rings (SSSR count). The van der Waals surface area contributed by atoms with Gasteiger partial charge in [0.05, 0.1) is 11.1 Å². The van der Waals surface area contributed by atoms with Crippen molar-refractivity contribution in [1.29, 1.82) is 0 Å². The van der Waals surface area contributed by atoms with E-state index in [1.165, 1.54) is 11.8 Å². The predicted molar refractivity (Wildman–Crippen MR) is 138 cm³/mol. The van der Waals surface area contributed by atoms with E-state index >= 15 is 0 Å². The maximum atomic E-state index is 12.8. The number of urea groups is 1. The number of halogens is 1. The van der Waals surface area contributed by atoms with Gasteiger partial charge in [0.1, 0.15) is 11.6 Å². The van der Waals surface area contributed by atoms with Gasteiger partial charge in [0, 0.05) is 29.4 Å². The Labute approximate surface area is 210 Å². The van der Waals surface area contributed by atoms with Crippen LogP contribution in [0.2, 0.25) is 5.02 Å². The first kappa shape index (κ1) is 24.5. The SMILES string of the molecule is CC(C)Oc1ccc(C2CCCC2NC(=O)Nc2cccc(C(=O)Nc3ccc(Cl)cn3)c2)cc1. The van der Waals surface area contributed by atoms with Gasteiger partial charge in [0.25, 0.3) is 5.91 Å². The quantitative estimate of drug-likeness (QED) is 0.364. The van der Waals surface area contributed by atoms with Gasteiger partial charge in [-0.05, 0) is 74.7 Å². The van der Waals surface area contributed by atoms with Crippen molar-refractivity contribution in [1.82, 2.24) is 10.3 Å². The van der Waals surface area contributed by atoms with Crippen molar-refractivity contribution in [2.45, 2.75) is 51.2 Å². The molecule has 1 aromatic heterocycles. The van der Waals surface area contributed by atoms with E-state index in [-0.39, 0.29) is 30.0 Å². The minimum absolute atomic E-state index is 0.0364. The van der Waals surface area contributed by atoms with Gasteiger partial charge < -0.3 is 20.7 Å². The number of pyridine rings is 1. The minimum atomic E-state index is -0.329. The first-order chi connectivity index (χ1) is 16.9. The van der Waals surface area contributed by atoms with E-state index in [1.54, 1.807) is 36.4 Å². The highest BCUT2D eigenvalue weighted by atomic mass is 35.5. The van der Waals surface area contributed by atoms with Crippen molar-refractivity contribution in [3.05, 3.63) is 83.0 Å². The van der Waals surface area contributed by atoms with Crippen molar-refractivity contribution < 1.29 is 14.3 Å². The van der Waals surface area contributed by atoms with Crippen LogP contribution in [-0.2, 0) is 0 Å². The zero-order valence-corrected chi connectivity index (χ0v) is 20.5. The van der Waals surface area contributed by atoms with Crippen molar-refractivity contribution in [2.75, 3.05) is 10.6 Å². The highest BCUT2D eigenvalue weighted by Crippen LogP contribution is 2.35. The molecule has 2 unspecified atom stereocenters. The fraction of sp³-hybridized carbons (Fsp3) is 0.296. The zero-order chi connectivity index (χ0) is 24.8. The maximum absolute atomic E-state index is 12.8. The van der Waals surface area contributed by atoms with Crippen LogP contribution in [0, 0.1) is 0 Å². The third kappa shape index (κ3) is 6.73. The van der Waals surface area contributed by atoms with Crippen LogP contribution in [0.4, 0.5) is 16.3 Å². The van der Waals surface area contributed by atoms with Crippen LogP contribution < -0.4 is 20.7 Å². The number of nitrogens with zero attached hydrogens (tertiary/aromatic N) is 1. The van der Waals surface area contributed by atoms with E-state index < -0.39 is 0 Å². The van der Waals surface area contributed by atoms with Crippen molar-refractivity contribution >= 4 is 35.0 Å². The Morgan fingerprint density at radius 3 is 2.54 bits per heavy atom. The Morgan fingerprint density at radius 1 is 1.03 bits per heavy atom. The summed E-state index contributed by atoms with van der Waals surface area (Å²) >= 11 is 5.84. The fourth-order valence-electron chi connectivity index (χ4n) is 4.31. The van der Waals surface area contributed by atoms with Gasteiger partial charge in [-0.3, -0.25) is 4.79 Å². The topological polar surface area (TPSA) is 92.4 Å². The normalized spacial score (nSPS) is 17.1. The van der Waals surface area contributed by atoms with Gasteiger partial charge in [0.15, 0.2) is 0 Å². The summed E-state index contributed by atoms with van der Waals surface area (Å²) in [6, 6.07) is 17.9. The molecule has 1 saturated carbocycles. The molecule has 1 heterocycles. The Morgan fingerprint density at radius 2 is 1.83 bits per heavy atom. The highest BCUT2D eigenvalue weighted by molar-refractivity contribution is 6.30. The highest BCUT2D eigenvalue weighted by Gasteiger charge is 2.30. The van der Waals surface area contributed by atoms with Crippen LogP contribution >= 0.6 is 11.6 Å². The zero-order valence-electron chi connectivity index (χ0n) is 19.8. The second-order valence-corrected chi connectivity index (χ2v) is 9.31. The molecular weight excluding hydrogens is 464 g/mol. The number of ether oxygens (including phenoxy) is 1. The second kappa shape index (κ2) is 11.2. The van der Waals surface area contributed by atoms with Gasteiger partial charge in [-0.25, -0.2) is 9.78 Å².